The van der Waals surface area contributed by atoms with Gasteiger partial charge in [0, 0.05) is 36.5 Å². The third kappa shape index (κ3) is 4.87. The molecule has 0 radical (unpaired) electrons. The first-order valence-electron chi connectivity index (χ1n) is 11.5. The maximum atomic E-state index is 12.9. The summed E-state index contributed by atoms with van der Waals surface area (Å²) in [6, 6.07) is 22.3. The molecule has 3 aromatic carbocycles. The van der Waals surface area contributed by atoms with Gasteiger partial charge in [-0.3, -0.25) is 14.6 Å². The highest BCUT2D eigenvalue weighted by Gasteiger charge is 2.19. The predicted molar refractivity (Wildman–Crippen MR) is 132 cm³/mol. The van der Waals surface area contributed by atoms with E-state index in [0.717, 1.165) is 61.1 Å². The Morgan fingerprint density at radius 1 is 0.909 bits per heavy atom. The normalized spacial score (nSPS) is 15.5. The Bertz CT molecular complexity index is 1250. The van der Waals surface area contributed by atoms with Gasteiger partial charge in [0.1, 0.15) is 16.9 Å². The summed E-state index contributed by atoms with van der Waals surface area (Å²) in [6.07, 6.45) is 1.05. The number of fused-ring (bicyclic) bond motifs is 3. The average Bonchev–Trinajstić information content (AvgIpc) is 3.04. The Morgan fingerprint density at radius 2 is 1.67 bits per heavy atom. The van der Waals surface area contributed by atoms with Crippen molar-refractivity contribution in [2.75, 3.05) is 45.2 Å². The Balaban J connectivity index is 1.23. The van der Waals surface area contributed by atoms with Gasteiger partial charge in [0.15, 0.2) is 0 Å². The fourth-order valence-corrected chi connectivity index (χ4v) is 4.59. The molecule has 0 bridgehead atoms. The lowest BCUT2D eigenvalue weighted by molar-refractivity contribution is -0.117. The van der Waals surface area contributed by atoms with Gasteiger partial charge in [-0.15, -0.1) is 0 Å². The molecule has 170 valence electrons. The number of amides is 1. The molecule has 0 spiro atoms. The highest BCUT2D eigenvalue weighted by molar-refractivity contribution is 6.07. The number of furan rings is 1. The van der Waals surface area contributed by atoms with Gasteiger partial charge in [0.05, 0.1) is 19.3 Å². The molecule has 0 unspecified atom stereocenters. The SMILES string of the molecule is COc1cc2c(cc1NC(=O)CN1CCCN(Cc3ccccc3)CC1)oc1ccccc12. The smallest absolute Gasteiger partial charge is 0.238 e. The molecule has 1 aliphatic rings. The predicted octanol–water partition coefficient (Wildman–Crippen LogP) is 4.74. The number of carbonyl (C=O) groups excluding carboxylic acids is 1. The van der Waals surface area contributed by atoms with Gasteiger partial charge in [-0.1, -0.05) is 48.5 Å². The van der Waals surface area contributed by atoms with Crippen LogP contribution >= 0.6 is 0 Å². The second-order valence-electron chi connectivity index (χ2n) is 8.59. The standard InChI is InChI=1S/C27H29N3O3/c1-32-26-16-22-21-10-5-6-11-24(21)33-25(22)17-23(26)28-27(31)19-30-13-7-12-29(14-15-30)18-20-8-3-2-4-9-20/h2-6,8-11,16-17H,7,12-15,18-19H2,1H3,(H,28,31). The van der Waals surface area contributed by atoms with Crippen LogP contribution in [-0.2, 0) is 11.3 Å². The van der Waals surface area contributed by atoms with Crippen LogP contribution in [0.1, 0.15) is 12.0 Å². The number of nitrogens with one attached hydrogen (secondary N) is 1. The topological polar surface area (TPSA) is 58.0 Å². The Hall–Kier alpha value is -3.35. The maximum Gasteiger partial charge on any atom is 0.238 e. The van der Waals surface area contributed by atoms with E-state index in [9.17, 15) is 4.79 Å². The Kier molecular flexibility index (Phi) is 6.28. The van der Waals surface area contributed by atoms with Crippen molar-refractivity contribution in [3.8, 4) is 5.75 Å². The van der Waals surface area contributed by atoms with Gasteiger partial charge in [0.25, 0.3) is 0 Å². The molecular formula is C27H29N3O3. The zero-order valence-electron chi connectivity index (χ0n) is 18.9. The summed E-state index contributed by atoms with van der Waals surface area (Å²) in [5.41, 5.74) is 3.52. The summed E-state index contributed by atoms with van der Waals surface area (Å²) in [6.45, 7) is 5.11. The molecule has 5 rings (SSSR count). The van der Waals surface area contributed by atoms with Crippen LogP contribution in [0.2, 0.25) is 0 Å². The number of rotatable bonds is 6. The van der Waals surface area contributed by atoms with E-state index in [1.54, 1.807) is 7.11 Å². The number of nitrogens with zero attached hydrogens (tertiary/aromatic N) is 2. The van der Waals surface area contributed by atoms with Crippen molar-refractivity contribution < 1.29 is 13.9 Å². The fraction of sp³-hybridized carbons (Fsp3) is 0.296. The van der Waals surface area contributed by atoms with Gasteiger partial charge in [0.2, 0.25) is 5.91 Å². The van der Waals surface area contributed by atoms with E-state index in [2.05, 4.69) is 39.4 Å². The van der Waals surface area contributed by atoms with E-state index < -0.39 is 0 Å². The minimum absolute atomic E-state index is 0.0414. The molecule has 33 heavy (non-hydrogen) atoms. The van der Waals surface area contributed by atoms with E-state index in [4.69, 9.17) is 9.15 Å². The van der Waals surface area contributed by atoms with E-state index in [1.165, 1.54) is 5.56 Å². The summed E-state index contributed by atoms with van der Waals surface area (Å²) in [5.74, 6) is 0.590. The van der Waals surface area contributed by atoms with Gasteiger partial charge < -0.3 is 14.5 Å². The molecule has 6 nitrogen and oxygen atoms in total. The van der Waals surface area contributed by atoms with Crippen molar-refractivity contribution in [2.24, 2.45) is 0 Å². The lowest BCUT2D eigenvalue weighted by Gasteiger charge is -2.21. The van der Waals surface area contributed by atoms with Crippen LogP contribution in [0.4, 0.5) is 5.69 Å². The van der Waals surface area contributed by atoms with Crippen molar-refractivity contribution in [1.82, 2.24) is 9.80 Å². The quantitative estimate of drug-likeness (QED) is 0.466. The molecule has 1 saturated heterocycles. The van der Waals surface area contributed by atoms with E-state index in [1.807, 2.05) is 42.5 Å². The van der Waals surface area contributed by atoms with Gasteiger partial charge in [-0.2, -0.15) is 0 Å². The number of carbonyl (C=O) groups is 1. The molecule has 0 aliphatic carbocycles. The molecule has 2 heterocycles. The molecular weight excluding hydrogens is 414 g/mol. The number of para-hydroxylation sites is 1. The monoisotopic (exact) mass is 443 g/mol. The van der Waals surface area contributed by atoms with E-state index in [0.29, 0.717) is 18.0 Å². The van der Waals surface area contributed by atoms with E-state index in [-0.39, 0.29) is 5.91 Å². The highest BCUT2D eigenvalue weighted by atomic mass is 16.5. The van der Waals surface area contributed by atoms with Crippen LogP contribution in [0, 0.1) is 0 Å². The summed E-state index contributed by atoms with van der Waals surface area (Å²) in [4.78, 5) is 17.6. The molecule has 4 aromatic rings. The maximum absolute atomic E-state index is 12.9. The number of hydrogen-bond donors (Lipinski definition) is 1. The summed E-state index contributed by atoms with van der Waals surface area (Å²) in [7, 11) is 1.62. The third-order valence-electron chi connectivity index (χ3n) is 6.27. The summed E-state index contributed by atoms with van der Waals surface area (Å²) < 4.78 is 11.6. The van der Waals surface area contributed by atoms with Crippen LogP contribution in [0.3, 0.4) is 0 Å². The molecule has 1 fully saturated rings. The molecule has 1 aliphatic heterocycles. The minimum Gasteiger partial charge on any atom is -0.495 e. The first-order valence-corrected chi connectivity index (χ1v) is 11.5. The number of benzene rings is 3. The highest BCUT2D eigenvalue weighted by Crippen LogP contribution is 2.36. The number of anilines is 1. The van der Waals surface area contributed by atoms with Crippen molar-refractivity contribution >= 4 is 33.5 Å². The third-order valence-corrected chi connectivity index (χ3v) is 6.27. The number of ether oxygens (including phenoxy) is 1. The van der Waals surface area contributed by atoms with Crippen molar-refractivity contribution in [3.05, 3.63) is 72.3 Å². The van der Waals surface area contributed by atoms with Crippen LogP contribution in [0.25, 0.3) is 21.9 Å². The van der Waals surface area contributed by atoms with Gasteiger partial charge in [-0.05, 0) is 37.2 Å². The second kappa shape index (κ2) is 9.65. The molecule has 0 atom stereocenters. The van der Waals surface area contributed by atoms with Gasteiger partial charge in [-0.25, -0.2) is 0 Å². The fourth-order valence-electron chi connectivity index (χ4n) is 4.59. The van der Waals surface area contributed by atoms with E-state index >= 15 is 0 Å². The van der Waals surface area contributed by atoms with Crippen LogP contribution < -0.4 is 10.1 Å². The largest absolute Gasteiger partial charge is 0.495 e. The molecule has 1 aromatic heterocycles. The average molecular weight is 444 g/mol. The molecule has 1 amide bonds. The van der Waals surface area contributed by atoms with Crippen molar-refractivity contribution in [2.45, 2.75) is 13.0 Å². The summed E-state index contributed by atoms with van der Waals surface area (Å²) >= 11 is 0. The number of hydrogen-bond acceptors (Lipinski definition) is 5. The number of methoxy groups -OCH3 is 1. The Labute approximate surface area is 193 Å². The Morgan fingerprint density at radius 3 is 2.52 bits per heavy atom. The molecule has 0 saturated carbocycles. The second-order valence-corrected chi connectivity index (χ2v) is 8.59. The zero-order valence-corrected chi connectivity index (χ0v) is 18.9. The lowest BCUT2D eigenvalue weighted by Crippen LogP contribution is -2.36. The van der Waals surface area contributed by atoms with Crippen LogP contribution in [-0.4, -0.2) is 55.5 Å². The first kappa shape index (κ1) is 21.5. The zero-order chi connectivity index (χ0) is 22.6. The molecule has 6 heteroatoms. The first-order chi connectivity index (χ1) is 16.2. The summed E-state index contributed by atoms with van der Waals surface area (Å²) in [5, 5.41) is 5.05. The van der Waals surface area contributed by atoms with Crippen molar-refractivity contribution in [3.63, 3.8) is 0 Å². The van der Waals surface area contributed by atoms with Crippen LogP contribution in [0.15, 0.2) is 71.1 Å². The van der Waals surface area contributed by atoms with Crippen molar-refractivity contribution in [1.29, 1.82) is 0 Å². The lowest BCUT2D eigenvalue weighted by atomic mass is 10.1. The van der Waals surface area contributed by atoms with Crippen LogP contribution in [0.5, 0.6) is 5.75 Å². The molecule has 1 N–H and O–H groups in total. The minimum atomic E-state index is -0.0414. The van der Waals surface area contributed by atoms with Gasteiger partial charge >= 0.3 is 0 Å².